The molecule has 6 nitrogen and oxygen atoms in total. The summed E-state index contributed by atoms with van der Waals surface area (Å²) in [5.41, 5.74) is 11.5. The Bertz CT molecular complexity index is 412. The average Bonchev–Trinajstić information content (AvgIpc) is 2.48. The average molecular weight is 208 g/mol. The number of H-pyrrole nitrogens is 1. The molecule has 2 heterocycles. The van der Waals surface area contributed by atoms with Crippen LogP contribution in [-0.2, 0) is 4.79 Å². The van der Waals surface area contributed by atoms with Gasteiger partial charge in [0, 0.05) is 18.4 Å². The Morgan fingerprint density at radius 3 is 2.67 bits per heavy atom. The van der Waals surface area contributed by atoms with Crippen molar-refractivity contribution in [3.63, 3.8) is 0 Å². The maximum absolute atomic E-state index is 11.8. The number of amides is 2. The molecule has 0 aliphatic carbocycles. The summed E-state index contributed by atoms with van der Waals surface area (Å²) in [5.74, 6) is -0.698. The molecule has 80 valence electrons. The second kappa shape index (κ2) is 3.30. The van der Waals surface area contributed by atoms with Crippen LogP contribution in [0.4, 0.5) is 5.69 Å². The number of likely N-dealkylation sites (tertiary alicyclic amines) is 1. The van der Waals surface area contributed by atoms with E-state index in [9.17, 15) is 9.59 Å². The molecule has 1 fully saturated rings. The van der Waals surface area contributed by atoms with E-state index in [1.54, 1.807) is 6.07 Å². The largest absolute Gasteiger partial charge is 0.397 e. The quantitative estimate of drug-likeness (QED) is 0.598. The summed E-state index contributed by atoms with van der Waals surface area (Å²) in [6.45, 7) is 0.561. The van der Waals surface area contributed by atoms with Crippen LogP contribution in [0.3, 0.4) is 0 Å². The number of hydrogen-bond donors (Lipinski definition) is 3. The van der Waals surface area contributed by atoms with Crippen molar-refractivity contribution >= 4 is 17.5 Å². The highest BCUT2D eigenvalue weighted by Gasteiger charge is 2.36. The highest BCUT2D eigenvalue weighted by molar-refractivity contribution is 5.97. The number of carbonyl (C=O) groups is 2. The molecule has 1 unspecified atom stereocenters. The number of nitrogen functional groups attached to an aromatic ring is 1. The minimum atomic E-state index is -0.470. The van der Waals surface area contributed by atoms with Crippen LogP contribution < -0.4 is 11.5 Å². The smallest absolute Gasteiger partial charge is 0.271 e. The van der Waals surface area contributed by atoms with Gasteiger partial charge in [0.05, 0.1) is 0 Å². The van der Waals surface area contributed by atoms with Crippen molar-refractivity contribution in [2.45, 2.75) is 12.5 Å². The Morgan fingerprint density at radius 1 is 1.53 bits per heavy atom. The minimum Gasteiger partial charge on any atom is -0.397 e. The number of nitrogens with two attached hydrogens (primary N) is 2. The summed E-state index contributed by atoms with van der Waals surface area (Å²) in [5, 5.41) is 0. The Balaban J connectivity index is 2.12. The Hall–Kier alpha value is -1.98. The first-order valence-corrected chi connectivity index (χ1v) is 4.64. The zero-order valence-corrected chi connectivity index (χ0v) is 8.06. The van der Waals surface area contributed by atoms with E-state index in [2.05, 4.69) is 4.98 Å². The van der Waals surface area contributed by atoms with Gasteiger partial charge < -0.3 is 21.4 Å². The van der Waals surface area contributed by atoms with E-state index in [1.807, 2.05) is 0 Å². The number of nitrogens with zero attached hydrogens (tertiary/aromatic N) is 1. The van der Waals surface area contributed by atoms with Crippen molar-refractivity contribution in [1.82, 2.24) is 9.88 Å². The molecule has 1 aromatic heterocycles. The topological polar surface area (TPSA) is 105 Å². The summed E-state index contributed by atoms with van der Waals surface area (Å²) in [7, 11) is 0. The van der Waals surface area contributed by atoms with Crippen molar-refractivity contribution in [1.29, 1.82) is 0 Å². The van der Waals surface area contributed by atoms with Crippen LogP contribution in [0.2, 0.25) is 0 Å². The monoisotopic (exact) mass is 208 g/mol. The summed E-state index contributed by atoms with van der Waals surface area (Å²) in [6, 6.07) is 1.07. The number of aromatic nitrogens is 1. The van der Waals surface area contributed by atoms with Gasteiger partial charge in [-0.15, -0.1) is 0 Å². The Labute approximate surface area is 86.2 Å². The van der Waals surface area contributed by atoms with E-state index >= 15 is 0 Å². The predicted octanol–water partition coefficient (Wildman–Crippen LogP) is -0.703. The number of aromatic amines is 1. The molecule has 1 aliphatic heterocycles. The molecule has 5 N–H and O–H groups in total. The number of anilines is 1. The number of primary amides is 1. The Kier molecular flexibility index (Phi) is 2.11. The molecule has 0 saturated carbocycles. The molecule has 0 radical (unpaired) electrons. The fourth-order valence-electron chi connectivity index (χ4n) is 1.62. The zero-order valence-electron chi connectivity index (χ0n) is 8.06. The second-order valence-electron chi connectivity index (χ2n) is 3.55. The van der Waals surface area contributed by atoms with E-state index < -0.39 is 11.9 Å². The molecule has 0 aromatic carbocycles. The lowest BCUT2D eigenvalue weighted by Crippen LogP contribution is -2.57. The molecule has 1 aromatic rings. The lowest BCUT2D eigenvalue weighted by molar-refractivity contribution is -0.125. The Morgan fingerprint density at radius 2 is 2.27 bits per heavy atom. The zero-order chi connectivity index (χ0) is 11.0. The lowest BCUT2D eigenvalue weighted by atomic mass is 10.0. The first-order chi connectivity index (χ1) is 7.09. The van der Waals surface area contributed by atoms with Crippen molar-refractivity contribution in [3.05, 3.63) is 18.0 Å². The molecule has 15 heavy (non-hydrogen) atoms. The van der Waals surface area contributed by atoms with E-state index in [1.165, 1.54) is 11.1 Å². The molecule has 2 rings (SSSR count). The van der Waals surface area contributed by atoms with Gasteiger partial charge in [-0.2, -0.15) is 0 Å². The fraction of sp³-hybridized carbons (Fsp3) is 0.333. The van der Waals surface area contributed by atoms with Gasteiger partial charge in [0.15, 0.2) is 0 Å². The third-order valence-electron chi connectivity index (χ3n) is 2.54. The van der Waals surface area contributed by atoms with Crippen molar-refractivity contribution < 1.29 is 9.59 Å². The van der Waals surface area contributed by atoms with Crippen molar-refractivity contribution in [3.8, 4) is 0 Å². The minimum absolute atomic E-state index is 0.234. The second-order valence-corrected chi connectivity index (χ2v) is 3.55. The van der Waals surface area contributed by atoms with Gasteiger partial charge in [0.1, 0.15) is 11.7 Å². The first-order valence-electron chi connectivity index (χ1n) is 4.64. The molecule has 1 aliphatic rings. The normalized spacial score (nSPS) is 19.7. The van der Waals surface area contributed by atoms with Gasteiger partial charge in [-0.1, -0.05) is 0 Å². The molecule has 0 bridgehead atoms. The molecule has 1 atom stereocenters. The summed E-state index contributed by atoms with van der Waals surface area (Å²) < 4.78 is 0. The molecular weight excluding hydrogens is 196 g/mol. The number of carbonyl (C=O) groups excluding carboxylic acids is 2. The van der Waals surface area contributed by atoms with Gasteiger partial charge in [0.2, 0.25) is 5.91 Å². The maximum atomic E-state index is 11.8. The van der Waals surface area contributed by atoms with Gasteiger partial charge in [-0.05, 0) is 12.5 Å². The standard InChI is InChI=1S/C9H12N4O2/c10-5-3-6(12-4-5)9(15)13-2-1-7(13)8(11)14/h3-4,7,12H,1-2,10H2,(H2,11,14). The van der Waals surface area contributed by atoms with Gasteiger partial charge in [0.25, 0.3) is 5.91 Å². The van der Waals surface area contributed by atoms with Crippen LogP contribution in [0.15, 0.2) is 12.3 Å². The van der Waals surface area contributed by atoms with Crippen LogP contribution >= 0.6 is 0 Å². The van der Waals surface area contributed by atoms with E-state index in [4.69, 9.17) is 11.5 Å². The molecule has 0 spiro atoms. The molecule has 1 saturated heterocycles. The lowest BCUT2D eigenvalue weighted by Gasteiger charge is -2.38. The molecule has 2 amide bonds. The number of nitrogens with one attached hydrogen (secondary N) is 1. The highest BCUT2D eigenvalue weighted by atomic mass is 16.2. The highest BCUT2D eigenvalue weighted by Crippen LogP contribution is 2.20. The van der Waals surface area contributed by atoms with Crippen LogP contribution in [-0.4, -0.2) is 34.3 Å². The van der Waals surface area contributed by atoms with Crippen molar-refractivity contribution in [2.24, 2.45) is 5.73 Å². The van der Waals surface area contributed by atoms with Crippen molar-refractivity contribution in [2.75, 3.05) is 12.3 Å². The summed E-state index contributed by atoms with van der Waals surface area (Å²) in [4.78, 5) is 26.9. The van der Waals surface area contributed by atoms with Gasteiger partial charge in [-0.25, -0.2) is 0 Å². The number of hydrogen-bond acceptors (Lipinski definition) is 3. The number of rotatable bonds is 2. The van der Waals surface area contributed by atoms with Crippen LogP contribution in [0.25, 0.3) is 0 Å². The van der Waals surface area contributed by atoms with Crippen LogP contribution in [0, 0.1) is 0 Å². The summed E-state index contributed by atoms with van der Waals surface area (Å²) in [6.07, 6.45) is 2.17. The van der Waals surface area contributed by atoms with E-state index in [-0.39, 0.29) is 5.91 Å². The SMILES string of the molecule is NC(=O)C1CCN1C(=O)c1cc(N)c[nH]1. The summed E-state index contributed by atoms with van der Waals surface area (Å²) >= 11 is 0. The first kappa shape index (κ1) is 9.57. The van der Waals surface area contributed by atoms with E-state index in [0.29, 0.717) is 24.3 Å². The molecular formula is C9H12N4O2. The third-order valence-corrected chi connectivity index (χ3v) is 2.54. The fourth-order valence-corrected chi connectivity index (χ4v) is 1.62. The third kappa shape index (κ3) is 1.54. The van der Waals surface area contributed by atoms with E-state index in [0.717, 1.165) is 0 Å². The predicted molar refractivity (Wildman–Crippen MR) is 53.8 cm³/mol. The van der Waals surface area contributed by atoms with Crippen LogP contribution in [0.1, 0.15) is 16.9 Å². The van der Waals surface area contributed by atoms with Gasteiger partial charge in [-0.3, -0.25) is 9.59 Å². The molecule has 6 heteroatoms. The maximum Gasteiger partial charge on any atom is 0.271 e. The van der Waals surface area contributed by atoms with Gasteiger partial charge >= 0.3 is 0 Å². The van der Waals surface area contributed by atoms with Crippen LogP contribution in [0.5, 0.6) is 0 Å².